The Hall–Kier alpha value is -1.98. The summed E-state index contributed by atoms with van der Waals surface area (Å²) in [5.41, 5.74) is 3.60. The number of ether oxygens (including phenoxy) is 1. The van der Waals surface area contributed by atoms with Gasteiger partial charge >= 0.3 is 0 Å². The first kappa shape index (κ1) is 19.8. The maximum atomic E-state index is 6.10. The number of benzene rings is 2. The largest absolute Gasteiger partial charge is 0.483 e. The molecule has 27 heavy (non-hydrogen) atoms. The highest BCUT2D eigenvalue weighted by Crippen LogP contribution is 2.28. The van der Waals surface area contributed by atoms with Crippen molar-refractivity contribution in [3.05, 3.63) is 70.0 Å². The van der Waals surface area contributed by atoms with Gasteiger partial charge in [-0.05, 0) is 62.6 Å². The minimum absolute atomic E-state index is 0.203. The maximum absolute atomic E-state index is 6.10. The molecule has 0 fully saturated rings. The van der Waals surface area contributed by atoms with Crippen molar-refractivity contribution in [2.24, 2.45) is 0 Å². The Bertz CT molecular complexity index is 926. The van der Waals surface area contributed by atoms with Gasteiger partial charge in [-0.15, -0.1) is 10.2 Å². The average Bonchev–Trinajstić information content (AvgIpc) is 3.07. The zero-order chi connectivity index (χ0) is 19.4. The molecular formula is C21H24ClN3OS. The van der Waals surface area contributed by atoms with Crippen LogP contribution in [0.1, 0.15) is 42.5 Å². The van der Waals surface area contributed by atoms with Gasteiger partial charge in [0.1, 0.15) is 5.75 Å². The molecular weight excluding hydrogens is 378 g/mol. The zero-order valence-electron chi connectivity index (χ0n) is 16.1. The van der Waals surface area contributed by atoms with Gasteiger partial charge in [0.25, 0.3) is 0 Å². The highest BCUT2D eigenvalue weighted by Gasteiger charge is 2.19. The number of halogens is 1. The molecule has 0 aliphatic carbocycles. The second-order valence-electron chi connectivity index (χ2n) is 6.47. The van der Waals surface area contributed by atoms with Crippen molar-refractivity contribution in [2.45, 2.75) is 51.3 Å². The molecule has 0 aliphatic heterocycles. The number of nitrogens with zero attached hydrogens (tertiary/aromatic N) is 3. The first-order chi connectivity index (χ1) is 13.0. The lowest BCUT2D eigenvalue weighted by Gasteiger charge is -2.16. The van der Waals surface area contributed by atoms with Gasteiger partial charge in [-0.1, -0.05) is 47.6 Å². The summed E-state index contributed by atoms with van der Waals surface area (Å²) in [5.74, 6) is 2.48. The molecule has 0 radical (unpaired) electrons. The second kappa shape index (κ2) is 8.81. The van der Waals surface area contributed by atoms with E-state index in [0.717, 1.165) is 39.6 Å². The molecule has 2 aromatic carbocycles. The van der Waals surface area contributed by atoms with Crippen LogP contribution in [-0.2, 0) is 12.3 Å². The molecule has 4 nitrogen and oxygen atoms in total. The Labute approximate surface area is 169 Å². The van der Waals surface area contributed by atoms with Gasteiger partial charge in [-0.2, -0.15) is 0 Å². The van der Waals surface area contributed by atoms with E-state index >= 15 is 0 Å². The van der Waals surface area contributed by atoms with E-state index in [1.807, 2.05) is 32.0 Å². The Morgan fingerprint density at radius 3 is 2.59 bits per heavy atom. The van der Waals surface area contributed by atoms with E-state index in [-0.39, 0.29) is 6.10 Å². The fourth-order valence-corrected chi connectivity index (χ4v) is 4.07. The van der Waals surface area contributed by atoms with Crippen molar-refractivity contribution in [3.63, 3.8) is 0 Å². The zero-order valence-corrected chi connectivity index (χ0v) is 17.6. The van der Waals surface area contributed by atoms with Crippen LogP contribution in [0.4, 0.5) is 0 Å². The molecule has 0 aliphatic rings. The van der Waals surface area contributed by atoms with Crippen LogP contribution in [0.5, 0.6) is 5.75 Å². The average molecular weight is 402 g/mol. The number of thioether (sulfide) groups is 1. The highest BCUT2D eigenvalue weighted by atomic mass is 35.5. The molecule has 0 amide bonds. The lowest BCUT2D eigenvalue weighted by molar-refractivity contribution is 0.210. The van der Waals surface area contributed by atoms with Gasteiger partial charge in [-0.3, -0.25) is 0 Å². The Balaban J connectivity index is 1.74. The van der Waals surface area contributed by atoms with E-state index in [9.17, 15) is 0 Å². The number of hydrogen-bond donors (Lipinski definition) is 0. The SMILES string of the molecule is CCn1c(SCc2ccccc2C)nnc1C(C)Oc1ccc(Cl)c(C)c1. The Kier molecular flexibility index (Phi) is 6.45. The van der Waals surface area contributed by atoms with Crippen molar-refractivity contribution < 1.29 is 4.74 Å². The molecule has 142 valence electrons. The summed E-state index contributed by atoms with van der Waals surface area (Å²) in [6, 6.07) is 14.1. The lowest BCUT2D eigenvalue weighted by Crippen LogP contribution is -2.12. The number of aromatic nitrogens is 3. The molecule has 0 saturated carbocycles. The standard InChI is InChI=1S/C21H24ClN3OS/c1-5-25-20(16(4)26-18-10-11-19(22)15(3)12-18)23-24-21(25)27-13-17-9-7-6-8-14(17)2/h6-12,16H,5,13H2,1-4H3. The number of rotatable bonds is 7. The summed E-state index contributed by atoms with van der Waals surface area (Å²) in [6.45, 7) is 9.00. The van der Waals surface area contributed by atoms with Crippen LogP contribution in [0, 0.1) is 13.8 Å². The molecule has 0 spiro atoms. The molecule has 0 bridgehead atoms. The monoisotopic (exact) mass is 401 g/mol. The van der Waals surface area contributed by atoms with Gasteiger partial charge < -0.3 is 9.30 Å². The predicted molar refractivity (Wildman–Crippen MR) is 112 cm³/mol. The van der Waals surface area contributed by atoms with E-state index in [0.29, 0.717) is 0 Å². The number of hydrogen-bond acceptors (Lipinski definition) is 4. The third kappa shape index (κ3) is 4.66. The normalized spacial score (nSPS) is 12.2. The molecule has 1 heterocycles. The molecule has 1 unspecified atom stereocenters. The second-order valence-corrected chi connectivity index (χ2v) is 7.82. The summed E-state index contributed by atoms with van der Waals surface area (Å²) >= 11 is 7.80. The molecule has 0 N–H and O–H groups in total. The van der Waals surface area contributed by atoms with Crippen LogP contribution < -0.4 is 4.74 Å². The van der Waals surface area contributed by atoms with Crippen molar-refractivity contribution in [1.82, 2.24) is 14.8 Å². The van der Waals surface area contributed by atoms with E-state index < -0.39 is 0 Å². The van der Waals surface area contributed by atoms with Gasteiger partial charge in [0, 0.05) is 17.3 Å². The summed E-state index contributed by atoms with van der Waals surface area (Å²) in [4.78, 5) is 0. The fraction of sp³-hybridized carbons (Fsp3) is 0.333. The minimum atomic E-state index is -0.203. The molecule has 0 saturated heterocycles. The van der Waals surface area contributed by atoms with Gasteiger partial charge in [0.15, 0.2) is 17.1 Å². The predicted octanol–water partition coefficient (Wildman–Crippen LogP) is 6.00. The number of aryl methyl sites for hydroxylation is 2. The quantitative estimate of drug-likeness (QED) is 0.455. The molecule has 1 aromatic heterocycles. The van der Waals surface area contributed by atoms with E-state index in [1.165, 1.54) is 11.1 Å². The summed E-state index contributed by atoms with van der Waals surface area (Å²) in [6.07, 6.45) is -0.203. The smallest absolute Gasteiger partial charge is 0.191 e. The van der Waals surface area contributed by atoms with Gasteiger partial charge in [-0.25, -0.2) is 0 Å². The first-order valence-electron chi connectivity index (χ1n) is 9.02. The van der Waals surface area contributed by atoms with Crippen molar-refractivity contribution in [2.75, 3.05) is 0 Å². The van der Waals surface area contributed by atoms with Crippen molar-refractivity contribution in [1.29, 1.82) is 0 Å². The highest BCUT2D eigenvalue weighted by molar-refractivity contribution is 7.98. The van der Waals surface area contributed by atoms with Crippen molar-refractivity contribution in [3.8, 4) is 5.75 Å². The molecule has 6 heteroatoms. The van der Waals surface area contributed by atoms with Crippen LogP contribution in [-0.4, -0.2) is 14.8 Å². The summed E-state index contributed by atoms with van der Waals surface area (Å²) in [7, 11) is 0. The van der Waals surface area contributed by atoms with E-state index in [2.05, 4.69) is 52.9 Å². The first-order valence-corrected chi connectivity index (χ1v) is 10.4. The third-order valence-electron chi connectivity index (χ3n) is 4.49. The van der Waals surface area contributed by atoms with Crippen LogP contribution >= 0.6 is 23.4 Å². The Morgan fingerprint density at radius 2 is 1.89 bits per heavy atom. The summed E-state index contributed by atoms with van der Waals surface area (Å²) in [5, 5.41) is 10.5. The topological polar surface area (TPSA) is 39.9 Å². The fourth-order valence-electron chi connectivity index (χ4n) is 2.87. The molecule has 3 aromatic rings. The summed E-state index contributed by atoms with van der Waals surface area (Å²) < 4.78 is 8.20. The van der Waals surface area contributed by atoms with Crippen LogP contribution in [0.3, 0.4) is 0 Å². The van der Waals surface area contributed by atoms with Crippen LogP contribution in [0.15, 0.2) is 47.6 Å². The third-order valence-corrected chi connectivity index (χ3v) is 5.93. The van der Waals surface area contributed by atoms with Crippen molar-refractivity contribution >= 4 is 23.4 Å². The molecule has 1 atom stereocenters. The minimum Gasteiger partial charge on any atom is -0.483 e. The van der Waals surface area contributed by atoms with Gasteiger partial charge in [0.2, 0.25) is 0 Å². The van der Waals surface area contributed by atoms with E-state index in [4.69, 9.17) is 16.3 Å². The van der Waals surface area contributed by atoms with Gasteiger partial charge in [0.05, 0.1) is 0 Å². The van der Waals surface area contributed by atoms with Crippen LogP contribution in [0.25, 0.3) is 0 Å². The lowest BCUT2D eigenvalue weighted by atomic mass is 10.1. The molecule has 3 rings (SSSR count). The van der Waals surface area contributed by atoms with E-state index in [1.54, 1.807) is 11.8 Å². The van der Waals surface area contributed by atoms with Crippen LogP contribution in [0.2, 0.25) is 5.02 Å². The Morgan fingerprint density at radius 1 is 1.11 bits per heavy atom. The maximum Gasteiger partial charge on any atom is 0.191 e.